The van der Waals surface area contributed by atoms with Gasteiger partial charge in [0.05, 0.1) is 0 Å². The lowest BCUT2D eigenvalue weighted by Gasteiger charge is -2.12. The average molecular weight is 199 g/mol. The molecule has 0 saturated carbocycles. The van der Waals surface area contributed by atoms with Gasteiger partial charge in [0.1, 0.15) is 6.10 Å². The van der Waals surface area contributed by atoms with Crippen LogP contribution in [0.2, 0.25) is 0 Å². The highest BCUT2D eigenvalue weighted by Gasteiger charge is 2.29. The van der Waals surface area contributed by atoms with Crippen molar-refractivity contribution >= 4 is 12.2 Å². The molecule has 1 fully saturated rings. The van der Waals surface area contributed by atoms with Gasteiger partial charge < -0.3 is 9.30 Å². The van der Waals surface area contributed by atoms with Crippen LogP contribution in [-0.2, 0) is 11.8 Å². The third-order valence-electron chi connectivity index (χ3n) is 2.56. The smallest absolute Gasteiger partial charge is 0.194 e. The van der Waals surface area contributed by atoms with Gasteiger partial charge in [-0.2, -0.15) is 5.10 Å². The standard InChI is InChI=1S/C8H13N3OS/c1-5-3-4-12-6(5)7-9-10-8(13)11(7)2/h5-6H,3-4H2,1-2H3,(H,10,13). The van der Waals surface area contributed by atoms with Crippen LogP contribution in [0.4, 0.5) is 0 Å². The summed E-state index contributed by atoms with van der Waals surface area (Å²) in [7, 11) is 1.91. The third kappa shape index (κ3) is 1.42. The molecule has 0 spiro atoms. The van der Waals surface area contributed by atoms with E-state index in [0.29, 0.717) is 10.7 Å². The molecule has 2 unspecified atom stereocenters. The molecule has 5 heteroatoms. The Balaban J connectivity index is 2.34. The van der Waals surface area contributed by atoms with E-state index in [9.17, 15) is 0 Å². The fourth-order valence-corrected chi connectivity index (χ4v) is 1.78. The van der Waals surface area contributed by atoms with Gasteiger partial charge in [-0.15, -0.1) is 0 Å². The molecule has 1 aliphatic heterocycles. The molecule has 2 heterocycles. The van der Waals surface area contributed by atoms with Crippen LogP contribution in [0.3, 0.4) is 0 Å². The molecule has 1 saturated heterocycles. The summed E-state index contributed by atoms with van der Waals surface area (Å²) in [5.41, 5.74) is 0. The maximum Gasteiger partial charge on any atom is 0.194 e. The molecule has 0 radical (unpaired) electrons. The number of ether oxygens (including phenoxy) is 1. The number of rotatable bonds is 1. The van der Waals surface area contributed by atoms with E-state index < -0.39 is 0 Å². The molecule has 0 amide bonds. The Morgan fingerprint density at radius 3 is 2.92 bits per heavy atom. The van der Waals surface area contributed by atoms with Crippen LogP contribution in [0.1, 0.15) is 25.3 Å². The van der Waals surface area contributed by atoms with Crippen molar-refractivity contribution in [1.29, 1.82) is 0 Å². The van der Waals surface area contributed by atoms with Crippen molar-refractivity contribution in [2.24, 2.45) is 13.0 Å². The second-order valence-corrected chi connectivity index (χ2v) is 3.89. The van der Waals surface area contributed by atoms with Crippen LogP contribution < -0.4 is 0 Å². The first-order valence-corrected chi connectivity index (χ1v) is 4.84. The lowest BCUT2D eigenvalue weighted by atomic mass is 10.0. The quantitative estimate of drug-likeness (QED) is 0.698. The average Bonchev–Trinajstić information content (AvgIpc) is 2.62. The number of nitrogens with one attached hydrogen (secondary N) is 1. The maximum atomic E-state index is 5.60. The predicted molar refractivity (Wildman–Crippen MR) is 50.9 cm³/mol. The number of aromatic nitrogens is 3. The molecule has 0 bridgehead atoms. The highest BCUT2D eigenvalue weighted by molar-refractivity contribution is 7.71. The molecule has 0 aromatic carbocycles. The van der Waals surface area contributed by atoms with E-state index in [2.05, 4.69) is 17.1 Å². The molecule has 1 aliphatic rings. The normalized spacial score (nSPS) is 28.2. The van der Waals surface area contributed by atoms with Crippen molar-refractivity contribution in [3.63, 3.8) is 0 Å². The van der Waals surface area contributed by atoms with Crippen molar-refractivity contribution in [1.82, 2.24) is 14.8 Å². The van der Waals surface area contributed by atoms with E-state index in [4.69, 9.17) is 17.0 Å². The number of hydrogen-bond acceptors (Lipinski definition) is 3. The van der Waals surface area contributed by atoms with Gasteiger partial charge in [0.15, 0.2) is 10.6 Å². The first kappa shape index (κ1) is 8.90. The van der Waals surface area contributed by atoms with Crippen LogP contribution in [0, 0.1) is 10.7 Å². The summed E-state index contributed by atoms with van der Waals surface area (Å²) < 4.78 is 8.12. The molecule has 2 rings (SSSR count). The third-order valence-corrected chi connectivity index (χ3v) is 2.92. The van der Waals surface area contributed by atoms with E-state index in [1.165, 1.54) is 0 Å². The summed E-state index contributed by atoms with van der Waals surface area (Å²) in [6.07, 6.45) is 1.21. The van der Waals surface area contributed by atoms with Gasteiger partial charge in [0.25, 0.3) is 0 Å². The number of hydrogen-bond donors (Lipinski definition) is 1. The summed E-state index contributed by atoms with van der Waals surface area (Å²) in [6, 6.07) is 0. The molecule has 2 atom stereocenters. The molecule has 1 aromatic rings. The van der Waals surface area contributed by atoms with Gasteiger partial charge >= 0.3 is 0 Å². The number of nitrogens with zero attached hydrogens (tertiary/aromatic N) is 2. The zero-order valence-electron chi connectivity index (χ0n) is 7.78. The largest absolute Gasteiger partial charge is 0.370 e. The number of H-pyrrole nitrogens is 1. The zero-order valence-corrected chi connectivity index (χ0v) is 8.60. The SMILES string of the molecule is CC1CCOC1c1n[nH]c(=S)n1C. The van der Waals surface area contributed by atoms with Gasteiger partial charge in [0.2, 0.25) is 0 Å². The minimum absolute atomic E-state index is 0.109. The highest BCUT2D eigenvalue weighted by atomic mass is 32.1. The summed E-state index contributed by atoms with van der Waals surface area (Å²) in [5.74, 6) is 1.44. The molecule has 13 heavy (non-hydrogen) atoms. The first-order chi connectivity index (χ1) is 6.20. The van der Waals surface area contributed by atoms with Gasteiger partial charge in [-0.3, -0.25) is 5.10 Å². The predicted octanol–water partition coefficient (Wildman–Crippen LogP) is 1.58. The number of aromatic amines is 1. The van der Waals surface area contributed by atoms with Crippen molar-refractivity contribution in [3.05, 3.63) is 10.6 Å². The lowest BCUT2D eigenvalue weighted by Crippen LogP contribution is -2.10. The van der Waals surface area contributed by atoms with E-state index in [1.807, 2.05) is 11.6 Å². The summed E-state index contributed by atoms with van der Waals surface area (Å²) in [4.78, 5) is 0. The first-order valence-electron chi connectivity index (χ1n) is 4.43. The molecule has 1 aromatic heterocycles. The van der Waals surface area contributed by atoms with Gasteiger partial charge in [-0.25, -0.2) is 0 Å². The van der Waals surface area contributed by atoms with E-state index in [-0.39, 0.29) is 6.10 Å². The van der Waals surface area contributed by atoms with Crippen molar-refractivity contribution in [3.8, 4) is 0 Å². The van der Waals surface area contributed by atoms with E-state index >= 15 is 0 Å². The Hall–Kier alpha value is -0.680. The van der Waals surface area contributed by atoms with Crippen LogP contribution in [0.5, 0.6) is 0 Å². The van der Waals surface area contributed by atoms with Crippen molar-refractivity contribution in [2.75, 3.05) is 6.61 Å². The van der Waals surface area contributed by atoms with Gasteiger partial charge in [-0.1, -0.05) is 6.92 Å². The van der Waals surface area contributed by atoms with Crippen LogP contribution >= 0.6 is 12.2 Å². The summed E-state index contributed by atoms with van der Waals surface area (Å²) >= 11 is 5.04. The lowest BCUT2D eigenvalue weighted by molar-refractivity contribution is 0.0847. The van der Waals surface area contributed by atoms with Crippen molar-refractivity contribution in [2.45, 2.75) is 19.4 Å². The summed E-state index contributed by atoms with van der Waals surface area (Å²) in [5, 5.41) is 6.94. The second-order valence-electron chi connectivity index (χ2n) is 3.50. The van der Waals surface area contributed by atoms with Gasteiger partial charge in [0, 0.05) is 13.7 Å². The van der Waals surface area contributed by atoms with Crippen LogP contribution in [0.25, 0.3) is 0 Å². The molecule has 1 N–H and O–H groups in total. The monoisotopic (exact) mass is 199 g/mol. The Morgan fingerprint density at radius 1 is 1.69 bits per heavy atom. The Bertz CT molecular complexity index is 357. The highest BCUT2D eigenvalue weighted by Crippen LogP contribution is 2.32. The topological polar surface area (TPSA) is 42.8 Å². The summed E-state index contributed by atoms with van der Waals surface area (Å²) in [6.45, 7) is 3.00. The van der Waals surface area contributed by atoms with Crippen LogP contribution in [-0.4, -0.2) is 21.4 Å². The Kier molecular flexibility index (Phi) is 2.21. The van der Waals surface area contributed by atoms with E-state index in [0.717, 1.165) is 18.9 Å². The fourth-order valence-electron chi connectivity index (χ4n) is 1.64. The minimum atomic E-state index is 0.109. The van der Waals surface area contributed by atoms with Gasteiger partial charge in [-0.05, 0) is 24.6 Å². The maximum absolute atomic E-state index is 5.60. The fraction of sp³-hybridized carbons (Fsp3) is 0.750. The van der Waals surface area contributed by atoms with Crippen molar-refractivity contribution < 1.29 is 4.74 Å². The Labute approximate surface area is 81.9 Å². The minimum Gasteiger partial charge on any atom is -0.370 e. The molecular formula is C8H13N3OS. The van der Waals surface area contributed by atoms with E-state index in [1.54, 1.807) is 0 Å². The molecule has 0 aliphatic carbocycles. The molecular weight excluding hydrogens is 186 g/mol. The van der Waals surface area contributed by atoms with Crippen LogP contribution in [0.15, 0.2) is 0 Å². The second kappa shape index (κ2) is 3.23. The zero-order chi connectivity index (χ0) is 9.42. The molecule has 4 nitrogen and oxygen atoms in total. The Morgan fingerprint density at radius 2 is 2.46 bits per heavy atom. The molecule has 72 valence electrons.